The summed E-state index contributed by atoms with van der Waals surface area (Å²) < 4.78 is 11.5. The summed E-state index contributed by atoms with van der Waals surface area (Å²) in [5.74, 6) is -2.28. The van der Waals surface area contributed by atoms with Crippen LogP contribution in [0.2, 0.25) is 0 Å². The van der Waals surface area contributed by atoms with Crippen LogP contribution in [0.4, 0.5) is 4.79 Å². The van der Waals surface area contributed by atoms with Gasteiger partial charge in [0, 0.05) is 78.0 Å². The number of carbonyl (C=O) groups is 7. The van der Waals surface area contributed by atoms with Gasteiger partial charge in [0.2, 0.25) is 23.6 Å². The molecule has 8 rings (SSSR count). The third-order valence-corrected chi connectivity index (χ3v) is 13.5. The fraction of sp³-hybridized carbons (Fsp3) is 0.426. The number of likely N-dealkylation sites (tertiary alicyclic amines) is 2. The second-order valence-electron chi connectivity index (χ2n) is 18.9. The zero-order valence-corrected chi connectivity index (χ0v) is 40.9. The number of nitrogens with one attached hydrogen (secondary N) is 2. The zero-order chi connectivity index (χ0) is 51.1. The second-order valence-corrected chi connectivity index (χ2v) is 18.9. The Morgan fingerprint density at radius 2 is 1.25 bits per heavy atom. The van der Waals surface area contributed by atoms with Crippen molar-refractivity contribution < 1.29 is 53.2 Å². The van der Waals surface area contributed by atoms with E-state index in [-0.39, 0.29) is 50.1 Å². The summed E-state index contributed by atoms with van der Waals surface area (Å²) in [5, 5.41) is 25.2. The molecule has 4 atom stereocenters. The average molecular weight is 988 g/mol. The molecule has 4 fully saturated rings. The number of carboxylic acid groups (broad SMARTS) is 2. The fourth-order valence-electron chi connectivity index (χ4n) is 9.21. The van der Waals surface area contributed by atoms with Crippen LogP contribution < -0.4 is 20.1 Å². The zero-order valence-electron chi connectivity index (χ0n) is 40.9. The van der Waals surface area contributed by atoms with Gasteiger partial charge in [-0.05, 0) is 86.3 Å². The smallest absolute Gasteiger partial charge is 0.415 e. The Kier molecular flexibility index (Phi) is 18.4. The largest absolute Gasteiger partial charge is 0.490 e. The van der Waals surface area contributed by atoms with Crippen molar-refractivity contribution in [3.63, 3.8) is 0 Å². The highest BCUT2D eigenvalue weighted by atomic mass is 16.6. The lowest BCUT2D eigenvalue weighted by Crippen LogP contribution is -2.52. The highest BCUT2D eigenvalue weighted by Gasteiger charge is 2.39. The lowest BCUT2D eigenvalue weighted by atomic mass is 10.0. The summed E-state index contributed by atoms with van der Waals surface area (Å²) in [6.07, 6.45) is 3.18. The molecule has 72 heavy (non-hydrogen) atoms. The van der Waals surface area contributed by atoms with Crippen molar-refractivity contribution in [3.8, 4) is 11.5 Å². The first kappa shape index (κ1) is 52.5. The molecule has 0 radical (unpaired) electrons. The maximum absolute atomic E-state index is 13.4. The van der Waals surface area contributed by atoms with E-state index in [0.717, 1.165) is 61.5 Å². The fourth-order valence-corrected chi connectivity index (χ4v) is 9.21. The van der Waals surface area contributed by atoms with Crippen molar-refractivity contribution in [2.24, 2.45) is 0 Å². The van der Waals surface area contributed by atoms with Crippen molar-refractivity contribution in [3.05, 3.63) is 131 Å². The molecule has 18 nitrogen and oxygen atoms in total. The van der Waals surface area contributed by atoms with Crippen molar-refractivity contribution in [2.75, 3.05) is 53.4 Å². The molecule has 0 aliphatic carbocycles. The first-order valence-corrected chi connectivity index (χ1v) is 24.6. The highest BCUT2D eigenvalue weighted by molar-refractivity contribution is 5.94. The van der Waals surface area contributed by atoms with Crippen LogP contribution in [-0.2, 0) is 54.7 Å². The Morgan fingerprint density at radius 1 is 0.667 bits per heavy atom. The lowest BCUT2D eigenvalue weighted by molar-refractivity contribution is -0.151. The Morgan fingerprint density at radius 3 is 1.83 bits per heavy atom. The molecule has 382 valence electrons. The van der Waals surface area contributed by atoms with Crippen LogP contribution in [0.15, 0.2) is 109 Å². The monoisotopic (exact) mass is 987 g/mol. The van der Waals surface area contributed by atoms with Crippen LogP contribution in [0.5, 0.6) is 11.5 Å². The van der Waals surface area contributed by atoms with Crippen LogP contribution in [0.25, 0.3) is 0 Å². The summed E-state index contributed by atoms with van der Waals surface area (Å²) in [6.45, 7) is 5.22. The number of piperazine rings is 1. The number of ether oxygens (including phenoxy) is 2. The van der Waals surface area contributed by atoms with E-state index in [2.05, 4.69) is 27.5 Å². The van der Waals surface area contributed by atoms with Crippen LogP contribution in [0, 0.1) is 0 Å². The van der Waals surface area contributed by atoms with Crippen molar-refractivity contribution in [1.29, 1.82) is 0 Å². The number of carboxylic acids is 2. The Balaban J connectivity index is 0.000000212. The van der Waals surface area contributed by atoms with Crippen molar-refractivity contribution in [1.82, 2.24) is 35.1 Å². The number of likely N-dealkylation sites (N-methyl/N-ethyl adjacent to an activating group) is 1. The van der Waals surface area contributed by atoms with E-state index >= 15 is 0 Å². The first-order valence-electron chi connectivity index (χ1n) is 24.6. The van der Waals surface area contributed by atoms with Crippen molar-refractivity contribution in [2.45, 2.75) is 94.7 Å². The lowest BCUT2D eigenvalue weighted by Gasteiger charge is -2.32. The van der Waals surface area contributed by atoms with Gasteiger partial charge in [0.25, 0.3) is 0 Å². The number of rotatable bonds is 17. The first-order chi connectivity index (χ1) is 34.7. The van der Waals surface area contributed by atoms with Gasteiger partial charge in [-0.15, -0.1) is 0 Å². The summed E-state index contributed by atoms with van der Waals surface area (Å²) in [7, 11) is 4.11. The summed E-state index contributed by atoms with van der Waals surface area (Å²) in [6, 6.07) is 29.0. The van der Waals surface area contributed by atoms with Gasteiger partial charge in [-0.25, -0.2) is 14.4 Å². The summed E-state index contributed by atoms with van der Waals surface area (Å²) in [4.78, 5) is 96.2. The number of piperidine rings is 1. The standard InChI is InChI=1S/C27H32N4O6.C27H33N3O5/c1-29-13-15-30(16-14-29)27(36)37-21-9-7-19(8-10-21)17-23(26(34)35)31(18-20-5-3-2-4-6-20)25(33)22-11-12-24(32)28-22;1-29-15-13-22(14-16-29)35-21-9-7-19(8-10-21)17-23(27(33)34)28-26(32)24-11-12-25(31)30(24)18-20-5-3-2-4-6-20/h2-10,22-23H,11-18H2,1H3,(H,28,32)(H,34,35);2-10,22-24H,11-18H2,1H3,(H,28,32)(H,33,34)/t22-,23-;23-,24-/m00/s1. The molecular weight excluding hydrogens is 923 g/mol. The van der Waals surface area contributed by atoms with Gasteiger partial charge in [-0.1, -0.05) is 84.9 Å². The third-order valence-electron chi connectivity index (χ3n) is 13.5. The molecule has 0 unspecified atom stereocenters. The van der Waals surface area contributed by atoms with E-state index in [1.807, 2.05) is 92.0 Å². The molecule has 4 aromatic carbocycles. The topological polar surface area (TPSA) is 219 Å². The normalized spacial score (nSPS) is 19.3. The number of benzene rings is 4. The minimum absolute atomic E-state index is 0.0568. The maximum Gasteiger partial charge on any atom is 0.415 e. The average Bonchev–Trinajstić information content (AvgIpc) is 3.99. The molecule has 4 aliphatic heterocycles. The third kappa shape index (κ3) is 14.9. The van der Waals surface area contributed by atoms with Crippen molar-refractivity contribution >= 4 is 41.7 Å². The van der Waals surface area contributed by atoms with Crippen LogP contribution in [0.1, 0.15) is 60.8 Å². The van der Waals surface area contributed by atoms with E-state index in [9.17, 15) is 43.8 Å². The molecule has 0 saturated carbocycles. The van der Waals surface area contributed by atoms with Gasteiger partial charge in [-0.3, -0.25) is 19.2 Å². The predicted octanol–water partition coefficient (Wildman–Crippen LogP) is 4.20. The SMILES string of the molecule is CN1CCC(Oc2ccc(C[C@H](NC(=O)[C@@H]3CCC(=O)N3Cc3ccccc3)C(=O)O)cc2)CC1.CN1CCN(C(=O)Oc2ccc(C[C@@H](C(=O)O)N(Cc3ccccc3)C(=O)[C@@H]3CCC(=O)N3)cc2)CC1. The van der Waals surface area contributed by atoms with E-state index in [1.54, 1.807) is 34.1 Å². The number of carbonyl (C=O) groups excluding carboxylic acids is 5. The van der Waals surface area contributed by atoms with Gasteiger partial charge in [0.1, 0.15) is 41.8 Å². The molecule has 4 aromatic rings. The van der Waals surface area contributed by atoms with Gasteiger partial charge >= 0.3 is 18.0 Å². The molecule has 0 spiro atoms. The summed E-state index contributed by atoms with van der Waals surface area (Å²) >= 11 is 0. The number of nitrogens with zero attached hydrogens (tertiary/aromatic N) is 5. The van der Waals surface area contributed by atoms with Crippen LogP contribution in [0.3, 0.4) is 0 Å². The van der Waals surface area contributed by atoms with Gasteiger partial charge in [-0.2, -0.15) is 0 Å². The molecule has 4 heterocycles. The Bertz CT molecular complexity index is 2480. The molecule has 0 aromatic heterocycles. The van der Waals surface area contributed by atoms with Gasteiger partial charge < -0.3 is 54.8 Å². The predicted molar refractivity (Wildman–Crippen MR) is 266 cm³/mol. The molecule has 4 aliphatic rings. The molecule has 18 heteroatoms. The quantitative estimate of drug-likeness (QED) is 0.117. The minimum atomic E-state index is -1.15. The number of aliphatic carboxylic acids is 2. The molecular formula is C54H65N7O11. The minimum Gasteiger partial charge on any atom is -0.490 e. The van der Waals surface area contributed by atoms with E-state index in [1.165, 1.54) is 4.90 Å². The Hall–Kier alpha value is -7.31. The van der Waals surface area contributed by atoms with E-state index < -0.39 is 54.0 Å². The van der Waals surface area contributed by atoms with Gasteiger partial charge in [0.05, 0.1) is 0 Å². The second kappa shape index (κ2) is 25.2. The molecule has 4 N–H and O–H groups in total. The molecule has 0 bridgehead atoms. The number of amides is 5. The highest BCUT2D eigenvalue weighted by Crippen LogP contribution is 2.25. The van der Waals surface area contributed by atoms with E-state index in [4.69, 9.17) is 9.47 Å². The number of hydrogen-bond donors (Lipinski definition) is 4. The van der Waals surface area contributed by atoms with E-state index in [0.29, 0.717) is 43.8 Å². The Labute approximate surface area is 419 Å². The van der Waals surface area contributed by atoms with Crippen LogP contribution in [-0.4, -0.2) is 160 Å². The maximum atomic E-state index is 13.4. The van der Waals surface area contributed by atoms with Crippen LogP contribution >= 0.6 is 0 Å². The molecule has 4 saturated heterocycles. The van der Waals surface area contributed by atoms with Gasteiger partial charge in [0.15, 0.2) is 0 Å². The molecule has 5 amide bonds. The summed E-state index contributed by atoms with van der Waals surface area (Å²) in [5.41, 5.74) is 3.18. The number of hydrogen-bond acceptors (Lipinski definition) is 11.